The van der Waals surface area contributed by atoms with E-state index >= 15 is 0 Å². The Morgan fingerprint density at radius 3 is 2.50 bits per heavy atom. The van der Waals surface area contributed by atoms with Gasteiger partial charge in [0.15, 0.2) is 6.61 Å². The van der Waals surface area contributed by atoms with E-state index in [0.717, 1.165) is 6.42 Å². The quantitative estimate of drug-likeness (QED) is 0.848. The van der Waals surface area contributed by atoms with Gasteiger partial charge in [0.05, 0.1) is 5.97 Å². The molecule has 5 heteroatoms. The van der Waals surface area contributed by atoms with E-state index in [9.17, 15) is 14.7 Å². The molecule has 126 valence electrons. The third-order valence-electron chi connectivity index (χ3n) is 3.81. The lowest BCUT2D eigenvalue weighted by Gasteiger charge is -2.11. The van der Waals surface area contributed by atoms with Gasteiger partial charge in [-0.15, -0.1) is 0 Å². The van der Waals surface area contributed by atoms with Crippen molar-refractivity contribution in [3.63, 3.8) is 0 Å². The average Bonchev–Trinajstić information content (AvgIpc) is 2.60. The van der Waals surface area contributed by atoms with Gasteiger partial charge in [-0.2, -0.15) is 0 Å². The summed E-state index contributed by atoms with van der Waals surface area (Å²) >= 11 is 0. The standard InChI is InChI=1S/C19H21NO4/c1-3-13(2)14-7-9-17(10-8-14)24-12-18(21)20-16-6-4-5-15(11-16)19(22)23/h4-11,13H,3,12H2,1-2H3,(H,20,21)(H,22,23)/p-1/t13-/m1/s1. The van der Waals surface area contributed by atoms with Crippen molar-refractivity contribution in [3.05, 3.63) is 59.7 Å². The lowest BCUT2D eigenvalue weighted by atomic mass is 9.99. The Morgan fingerprint density at radius 1 is 1.17 bits per heavy atom. The van der Waals surface area contributed by atoms with Crippen molar-refractivity contribution in [1.82, 2.24) is 0 Å². The Labute approximate surface area is 141 Å². The van der Waals surface area contributed by atoms with Gasteiger partial charge in [-0.3, -0.25) is 4.79 Å². The summed E-state index contributed by atoms with van der Waals surface area (Å²) in [6, 6.07) is 13.5. The van der Waals surface area contributed by atoms with Crippen LogP contribution < -0.4 is 15.2 Å². The molecule has 2 aromatic rings. The van der Waals surface area contributed by atoms with Crippen LogP contribution in [0, 0.1) is 0 Å². The van der Waals surface area contributed by atoms with Crippen LogP contribution in [0.1, 0.15) is 42.1 Å². The fourth-order valence-electron chi connectivity index (χ4n) is 2.20. The van der Waals surface area contributed by atoms with E-state index in [1.165, 1.54) is 23.8 Å². The topological polar surface area (TPSA) is 78.5 Å². The number of aromatic carboxylic acids is 1. The van der Waals surface area contributed by atoms with Crippen molar-refractivity contribution in [2.45, 2.75) is 26.2 Å². The van der Waals surface area contributed by atoms with Crippen LogP contribution in [0.15, 0.2) is 48.5 Å². The summed E-state index contributed by atoms with van der Waals surface area (Å²) in [4.78, 5) is 22.7. The lowest BCUT2D eigenvalue weighted by Crippen LogP contribution is -2.23. The van der Waals surface area contributed by atoms with Gasteiger partial charge < -0.3 is 20.0 Å². The number of carboxylic acid groups (broad SMARTS) is 1. The summed E-state index contributed by atoms with van der Waals surface area (Å²) in [5, 5.41) is 13.4. The number of amides is 1. The molecule has 0 saturated carbocycles. The molecule has 2 rings (SSSR count). The molecule has 5 nitrogen and oxygen atoms in total. The molecule has 0 saturated heterocycles. The average molecular weight is 326 g/mol. The van der Waals surface area contributed by atoms with E-state index < -0.39 is 5.97 Å². The normalized spacial score (nSPS) is 11.6. The maximum absolute atomic E-state index is 11.9. The monoisotopic (exact) mass is 326 g/mol. The zero-order valence-corrected chi connectivity index (χ0v) is 13.7. The number of rotatable bonds is 7. The SMILES string of the molecule is CC[C@@H](C)c1ccc(OCC(=O)Nc2cccc(C(=O)[O-])c2)cc1. The van der Waals surface area contributed by atoms with Gasteiger partial charge in [-0.1, -0.05) is 38.1 Å². The number of carboxylic acids is 1. The lowest BCUT2D eigenvalue weighted by molar-refractivity contribution is -0.255. The van der Waals surface area contributed by atoms with Crippen molar-refractivity contribution in [2.75, 3.05) is 11.9 Å². The molecule has 2 aromatic carbocycles. The second-order valence-electron chi connectivity index (χ2n) is 5.58. The Balaban J connectivity index is 1.89. The smallest absolute Gasteiger partial charge is 0.262 e. The number of carbonyl (C=O) groups is 2. The van der Waals surface area contributed by atoms with Gasteiger partial charge >= 0.3 is 0 Å². The molecule has 1 amide bonds. The largest absolute Gasteiger partial charge is 0.545 e. The van der Waals surface area contributed by atoms with E-state index in [1.54, 1.807) is 6.07 Å². The number of carbonyl (C=O) groups excluding carboxylic acids is 2. The third kappa shape index (κ3) is 4.84. The van der Waals surface area contributed by atoms with Crippen LogP contribution >= 0.6 is 0 Å². The number of ether oxygens (including phenoxy) is 1. The van der Waals surface area contributed by atoms with Crippen molar-refractivity contribution in [3.8, 4) is 5.75 Å². The number of benzene rings is 2. The van der Waals surface area contributed by atoms with E-state index in [0.29, 0.717) is 17.4 Å². The molecule has 24 heavy (non-hydrogen) atoms. The van der Waals surface area contributed by atoms with Crippen molar-refractivity contribution < 1.29 is 19.4 Å². The summed E-state index contributed by atoms with van der Waals surface area (Å²) in [5.41, 5.74) is 1.63. The summed E-state index contributed by atoms with van der Waals surface area (Å²) in [6.07, 6.45) is 1.06. The first-order chi connectivity index (χ1) is 11.5. The molecule has 0 aliphatic carbocycles. The first kappa shape index (κ1) is 17.5. The highest BCUT2D eigenvalue weighted by Crippen LogP contribution is 2.21. The third-order valence-corrected chi connectivity index (χ3v) is 3.81. The number of nitrogens with one attached hydrogen (secondary N) is 1. The van der Waals surface area contributed by atoms with E-state index in [-0.39, 0.29) is 18.1 Å². The Morgan fingerprint density at radius 2 is 1.88 bits per heavy atom. The predicted molar refractivity (Wildman–Crippen MR) is 90.0 cm³/mol. The van der Waals surface area contributed by atoms with Crippen LogP contribution in [-0.4, -0.2) is 18.5 Å². The number of hydrogen-bond donors (Lipinski definition) is 1. The minimum Gasteiger partial charge on any atom is -0.545 e. The Kier molecular flexibility index (Phi) is 5.95. The molecule has 1 N–H and O–H groups in total. The fraction of sp³-hybridized carbons (Fsp3) is 0.263. The highest BCUT2D eigenvalue weighted by molar-refractivity contribution is 5.94. The highest BCUT2D eigenvalue weighted by Gasteiger charge is 2.06. The van der Waals surface area contributed by atoms with Gasteiger partial charge in [-0.05, 0) is 47.7 Å². The molecule has 0 aliphatic rings. The summed E-state index contributed by atoms with van der Waals surface area (Å²) < 4.78 is 5.45. The minimum absolute atomic E-state index is 0.00866. The van der Waals surface area contributed by atoms with E-state index in [1.807, 2.05) is 24.3 Å². The molecular formula is C19H20NO4-. The Hall–Kier alpha value is -2.82. The van der Waals surface area contributed by atoms with Crippen molar-refractivity contribution in [2.24, 2.45) is 0 Å². The maximum atomic E-state index is 11.9. The van der Waals surface area contributed by atoms with Crippen LogP contribution in [0.2, 0.25) is 0 Å². The van der Waals surface area contributed by atoms with Gasteiger partial charge in [0.2, 0.25) is 0 Å². The van der Waals surface area contributed by atoms with Crippen LogP contribution in [0.25, 0.3) is 0 Å². The second kappa shape index (κ2) is 8.15. The highest BCUT2D eigenvalue weighted by atomic mass is 16.5. The van der Waals surface area contributed by atoms with Crippen LogP contribution in [0.4, 0.5) is 5.69 Å². The molecule has 0 bridgehead atoms. The molecule has 0 fully saturated rings. The van der Waals surface area contributed by atoms with Crippen LogP contribution in [-0.2, 0) is 4.79 Å². The van der Waals surface area contributed by atoms with E-state index in [2.05, 4.69) is 19.2 Å². The summed E-state index contributed by atoms with van der Waals surface area (Å²) in [6.45, 7) is 4.14. The predicted octanol–water partition coefficient (Wildman–Crippen LogP) is 2.58. The number of hydrogen-bond acceptors (Lipinski definition) is 4. The van der Waals surface area contributed by atoms with Gasteiger partial charge in [0.25, 0.3) is 5.91 Å². The summed E-state index contributed by atoms with van der Waals surface area (Å²) in [7, 11) is 0. The molecular weight excluding hydrogens is 306 g/mol. The first-order valence-electron chi connectivity index (χ1n) is 7.83. The molecule has 0 radical (unpaired) electrons. The first-order valence-corrected chi connectivity index (χ1v) is 7.83. The molecule has 0 spiro atoms. The van der Waals surface area contributed by atoms with Crippen molar-refractivity contribution >= 4 is 17.6 Å². The van der Waals surface area contributed by atoms with Gasteiger partial charge in [0.1, 0.15) is 5.75 Å². The maximum Gasteiger partial charge on any atom is 0.262 e. The fourth-order valence-corrected chi connectivity index (χ4v) is 2.20. The van der Waals surface area contributed by atoms with E-state index in [4.69, 9.17) is 4.74 Å². The van der Waals surface area contributed by atoms with Gasteiger partial charge in [0, 0.05) is 5.69 Å². The molecule has 0 unspecified atom stereocenters. The second-order valence-corrected chi connectivity index (χ2v) is 5.58. The minimum atomic E-state index is -1.29. The van der Waals surface area contributed by atoms with Crippen LogP contribution in [0.5, 0.6) is 5.75 Å². The summed E-state index contributed by atoms with van der Waals surface area (Å²) in [5.74, 6) is -0.556. The van der Waals surface area contributed by atoms with Gasteiger partial charge in [-0.25, -0.2) is 0 Å². The van der Waals surface area contributed by atoms with Crippen LogP contribution in [0.3, 0.4) is 0 Å². The molecule has 0 aliphatic heterocycles. The van der Waals surface area contributed by atoms with Crippen molar-refractivity contribution in [1.29, 1.82) is 0 Å². The zero-order chi connectivity index (χ0) is 17.5. The zero-order valence-electron chi connectivity index (χ0n) is 13.7. The number of anilines is 1. The molecule has 0 aromatic heterocycles. The Bertz CT molecular complexity index is 710. The molecule has 1 atom stereocenters. The molecule has 0 heterocycles.